The van der Waals surface area contributed by atoms with E-state index in [2.05, 4.69) is 27.4 Å². The number of amides is 1. The SMILES string of the molecule is O=C(CCCc1c(-c2ccc3ccccc3n2)[nH]c2ccc(Cl)cc12)NCCCn1ccnc1. The van der Waals surface area contributed by atoms with E-state index in [0.29, 0.717) is 18.0 Å². The Morgan fingerprint density at radius 3 is 2.88 bits per heavy atom. The average molecular weight is 472 g/mol. The Hall–Kier alpha value is -3.64. The molecule has 0 fully saturated rings. The van der Waals surface area contributed by atoms with Crippen LogP contribution < -0.4 is 5.32 Å². The van der Waals surface area contributed by atoms with Crippen molar-refractivity contribution in [3.05, 3.63) is 83.9 Å². The predicted octanol–water partition coefficient (Wildman–Crippen LogP) is 5.76. The number of benzene rings is 2. The van der Waals surface area contributed by atoms with Crippen LogP contribution >= 0.6 is 11.6 Å². The van der Waals surface area contributed by atoms with E-state index in [-0.39, 0.29) is 5.91 Å². The minimum Gasteiger partial charge on any atom is -0.356 e. The van der Waals surface area contributed by atoms with E-state index in [1.807, 2.05) is 53.2 Å². The van der Waals surface area contributed by atoms with Crippen LogP contribution in [0.2, 0.25) is 5.02 Å². The number of aryl methyl sites for hydroxylation is 2. The number of H-pyrrole nitrogens is 1. The van der Waals surface area contributed by atoms with Gasteiger partial charge in [-0.15, -0.1) is 0 Å². The lowest BCUT2D eigenvalue weighted by Gasteiger charge is -2.08. The summed E-state index contributed by atoms with van der Waals surface area (Å²) in [5.74, 6) is 0.0777. The number of carbonyl (C=O) groups is 1. The molecule has 6 nitrogen and oxygen atoms in total. The molecular weight excluding hydrogens is 446 g/mol. The number of rotatable bonds is 9. The number of nitrogens with zero attached hydrogens (tertiary/aromatic N) is 3. The number of fused-ring (bicyclic) bond motifs is 2. The van der Waals surface area contributed by atoms with E-state index in [1.165, 1.54) is 0 Å². The number of aromatic amines is 1. The molecule has 5 rings (SSSR count). The summed E-state index contributed by atoms with van der Waals surface area (Å²) in [4.78, 5) is 24.8. The van der Waals surface area contributed by atoms with E-state index in [0.717, 1.165) is 64.6 Å². The van der Waals surface area contributed by atoms with Gasteiger partial charge in [-0.2, -0.15) is 0 Å². The van der Waals surface area contributed by atoms with E-state index < -0.39 is 0 Å². The maximum Gasteiger partial charge on any atom is 0.220 e. The minimum atomic E-state index is 0.0777. The van der Waals surface area contributed by atoms with Gasteiger partial charge in [0.25, 0.3) is 0 Å². The van der Waals surface area contributed by atoms with Gasteiger partial charge in [0, 0.05) is 53.2 Å². The van der Waals surface area contributed by atoms with Crippen LogP contribution in [-0.4, -0.2) is 32.0 Å². The fourth-order valence-electron chi connectivity index (χ4n) is 4.33. The Balaban J connectivity index is 1.28. The molecule has 7 heteroatoms. The highest BCUT2D eigenvalue weighted by Gasteiger charge is 2.15. The molecule has 34 heavy (non-hydrogen) atoms. The third-order valence-corrected chi connectivity index (χ3v) is 6.26. The van der Waals surface area contributed by atoms with E-state index >= 15 is 0 Å². The molecule has 0 spiro atoms. The molecule has 3 aromatic heterocycles. The van der Waals surface area contributed by atoms with Crippen LogP contribution in [0.3, 0.4) is 0 Å². The first kappa shape index (κ1) is 22.2. The first-order valence-electron chi connectivity index (χ1n) is 11.6. The van der Waals surface area contributed by atoms with Crippen molar-refractivity contribution in [1.29, 1.82) is 0 Å². The van der Waals surface area contributed by atoms with Crippen molar-refractivity contribution >= 4 is 39.3 Å². The summed E-state index contributed by atoms with van der Waals surface area (Å²) in [6.07, 6.45) is 8.33. The van der Waals surface area contributed by atoms with Gasteiger partial charge < -0.3 is 14.9 Å². The Kier molecular flexibility index (Phi) is 6.58. The van der Waals surface area contributed by atoms with Gasteiger partial charge >= 0.3 is 0 Å². The Morgan fingerprint density at radius 1 is 1.09 bits per heavy atom. The van der Waals surface area contributed by atoms with Crippen molar-refractivity contribution < 1.29 is 4.79 Å². The molecule has 0 saturated heterocycles. The summed E-state index contributed by atoms with van der Waals surface area (Å²) in [6.45, 7) is 1.50. The molecule has 1 amide bonds. The molecule has 3 heterocycles. The van der Waals surface area contributed by atoms with E-state index in [4.69, 9.17) is 16.6 Å². The van der Waals surface area contributed by atoms with Crippen LogP contribution in [0.1, 0.15) is 24.8 Å². The molecule has 0 aliphatic carbocycles. The summed E-state index contributed by atoms with van der Waals surface area (Å²) < 4.78 is 2.01. The summed E-state index contributed by atoms with van der Waals surface area (Å²) in [5, 5.41) is 5.91. The number of carbonyl (C=O) groups excluding carboxylic acids is 1. The lowest BCUT2D eigenvalue weighted by Crippen LogP contribution is -2.25. The highest BCUT2D eigenvalue weighted by Crippen LogP contribution is 2.33. The highest BCUT2D eigenvalue weighted by atomic mass is 35.5. The maximum absolute atomic E-state index is 12.4. The van der Waals surface area contributed by atoms with E-state index in [9.17, 15) is 4.79 Å². The fourth-order valence-corrected chi connectivity index (χ4v) is 4.50. The number of pyridine rings is 1. The molecule has 0 bridgehead atoms. The molecule has 172 valence electrons. The first-order chi connectivity index (χ1) is 16.7. The lowest BCUT2D eigenvalue weighted by atomic mass is 10.0. The standard InChI is InChI=1S/C27H26ClN5O/c28-20-10-12-24-22(17-20)21(6-3-8-26(34)30-13-4-15-33-16-14-29-18-33)27(32-24)25-11-9-19-5-1-2-7-23(19)31-25/h1-2,5,7,9-12,14,16-18,32H,3-4,6,8,13,15H2,(H,30,34). The van der Waals surface area contributed by atoms with Crippen LogP contribution in [0.5, 0.6) is 0 Å². The lowest BCUT2D eigenvalue weighted by molar-refractivity contribution is -0.121. The van der Waals surface area contributed by atoms with Crippen molar-refractivity contribution in [3.8, 4) is 11.4 Å². The monoisotopic (exact) mass is 471 g/mol. The van der Waals surface area contributed by atoms with Gasteiger partial charge in [0.2, 0.25) is 5.91 Å². The maximum atomic E-state index is 12.4. The van der Waals surface area contributed by atoms with Gasteiger partial charge in [-0.1, -0.05) is 35.9 Å². The zero-order valence-electron chi connectivity index (χ0n) is 18.8. The Labute approximate surface area is 203 Å². The molecule has 0 unspecified atom stereocenters. The fraction of sp³-hybridized carbons (Fsp3) is 0.222. The molecule has 0 aliphatic rings. The van der Waals surface area contributed by atoms with Gasteiger partial charge in [0.1, 0.15) is 0 Å². The normalized spacial score (nSPS) is 11.3. The zero-order valence-corrected chi connectivity index (χ0v) is 19.6. The number of imidazole rings is 1. The van der Waals surface area contributed by atoms with Crippen LogP contribution in [0, 0.1) is 0 Å². The van der Waals surface area contributed by atoms with Crippen LogP contribution in [0.15, 0.2) is 73.3 Å². The predicted molar refractivity (Wildman–Crippen MR) is 137 cm³/mol. The molecule has 0 aliphatic heterocycles. The molecule has 2 aromatic carbocycles. The van der Waals surface area contributed by atoms with Gasteiger partial charge in [-0.25, -0.2) is 9.97 Å². The van der Waals surface area contributed by atoms with Crippen molar-refractivity contribution in [2.75, 3.05) is 6.54 Å². The Bertz CT molecular complexity index is 1420. The Morgan fingerprint density at radius 2 is 2.00 bits per heavy atom. The van der Waals surface area contributed by atoms with Crippen LogP contribution in [0.25, 0.3) is 33.2 Å². The quantitative estimate of drug-likeness (QED) is 0.268. The molecule has 0 atom stereocenters. The first-order valence-corrected chi connectivity index (χ1v) is 11.9. The van der Waals surface area contributed by atoms with Crippen molar-refractivity contribution in [1.82, 2.24) is 24.8 Å². The summed E-state index contributed by atoms with van der Waals surface area (Å²) in [7, 11) is 0. The third kappa shape index (κ3) is 4.97. The number of hydrogen-bond donors (Lipinski definition) is 2. The molecule has 5 aromatic rings. The number of para-hydroxylation sites is 1. The number of halogens is 1. The van der Waals surface area contributed by atoms with Gasteiger partial charge in [0.15, 0.2) is 0 Å². The largest absolute Gasteiger partial charge is 0.356 e. The van der Waals surface area contributed by atoms with Crippen molar-refractivity contribution in [2.24, 2.45) is 0 Å². The summed E-state index contributed by atoms with van der Waals surface area (Å²) in [5.41, 5.74) is 5.01. The molecule has 0 radical (unpaired) electrons. The second-order valence-corrected chi connectivity index (χ2v) is 8.85. The number of hydrogen-bond acceptors (Lipinski definition) is 3. The van der Waals surface area contributed by atoms with Gasteiger partial charge in [-0.3, -0.25) is 4.79 Å². The zero-order chi connectivity index (χ0) is 23.3. The highest BCUT2D eigenvalue weighted by molar-refractivity contribution is 6.31. The van der Waals surface area contributed by atoms with Gasteiger partial charge in [0.05, 0.1) is 23.2 Å². The van der Waals surface area contributed by atoms with Gasteiger partial charge in [-0.05, 0) is 55.2 Å². The summed E-state index contributed by atoms with van der Waals surface area (Å²) >= 11 is 6.32. The molecule has 2 N–H and O–H groups in total. The van der Waals surface area contributed by atoms with Crippen LogP contribution in [-0.2, 0) is 17.8 Å². The second-order valence-electron chi connectivity index (χ2n) is 8.42. The summed E-state index contributed by atoms with van der Waals surface area (Å²) in [6, 6.07) is 18.1. The molecule has 0 saturated carbocycles. The van der Waals surface area contributed by atoms with Crippen molar-refractivity contribution in [2.45, 2.75) is 32.2 Å². The average Bonchev–Trinajstić information content (AvgIpc) is 3.50. The smallest absolute Gasteiger partial charge is 0.220 e. The van der Waals surface area contributed by atoms with Crippen LogP contribution in [0.4, 0.5) is 0 Å². The second kappa shape index (κ2) is 10.1. The number of nitrogens with one attached hydrogen (secondary N) is 2. The topological polar surface area (TPSA) is 75.6 Å². The van der Waals surface area contributed by atoms with E-state index in [1.54, 1.807) is 12.5 Å². The number of aromatic nitrogens is 4. The third-order valence-electron chi connectivity index (χ3n) is 6.03. The van der Waals surface area contributed by atoms with Crippen molar-refractivity contribution in [3.63, 3.8) is 0 Å². The minimum absolute atomic E-state index is 0.0777. The molecular formula is C27H26ClN5O.